The molecule has 0 aliphatic carbocycles. The van der Waals surface area contributed by atoms with E-state index in [9.17, 15) is 0 Å². The van der Waals surface area contributed by atoms with Crippen LogP contribution in [0, 0.1) is 11.8 Å². The molecule has 0 spiro atoms. The second kappa shape index (κ2) is 5.74. The van der Waals surface area contributed by atoms with Gasteiger partial charge in [0.2, 0.25) is 11.8 Å². The van der Waals surface area contributed by atoms with Crippen LogP contribution in [0.5, 0.6) is 5.88 Å². The Morgan fingerprint density at radius 3 is 2.89 bits per heavy atom. The fourth-order valence-corrected chi connectivity index (χ4v) is 3.14. The molecule has 1 atom stereocenters. The molecule has 1 aromatic rings. The van der Waals surface area contributed by atoms with Gasteiger partial charge in [0.15, 0.2) is 0 Å². The van der Waals surface area contributed by atoms with E-state index >= 15 is 0 Å². The summed E-state index contributed by atoms with van der Waals surface area (Å²) in [7, 11) is 1.64. The van der Waals surface area contributed by atoms with Crippen LogP contribution in [0.15, 0.2) is 12.3 Å². The molecule has 2 saturated heterocycles. The average Bonchev–Trinajstić information content (AvgIpc) is 2.98. The number of methoxy groups -OCH3 is 1. The van der Waals surface area contributed by atoms with E-state index in [-0.39, 0.29) is 0 Å². The topological polar surface area (TPSA) is 47.5 Å². The zero-order valence-electron chi connectivity index (χ0n) is 11.4. The zero-order chi connectivity index (χ0) is 13.1. The van der Waals surface area contributed by atoms with Gasteiger partial charge in [-0.3, -0.25) is 0 Å². The van der Waals surface area contributed by atoms with E-state index in [4.69, 9.17) is 9.47 Å². The van der Waals surface area contributed by atoms with Gasteiger partial charge in [0.25, 0.3) is 0 Å². The van der Waals surface area contributed by atoms with Crippen LogP contribution in [0.25, 0.3) is 0 Å². The summed E-state index contributed by atoms with van der Waals surface area (Å²) in [6.07, 6.45) is 5.42. The first-order valence-corrected chi connectivity index (χ1v) is 7.06. The third-order valence-electron chi connectivity index (χ3n) is 4.27. The van der Waals surface area contributed by atoms with Gasteiger partial charge < -0.3 is 14.4 Å². The van der Waals surface area contributed by atoms with Crippen LogP contribution in [0.3, 0.4) is 0 Å². The summed E-state index contributed by atoms with van der Waals surface area (Å²) in [4.78, 5) is 11.1. The lowest BCUT2D eigenvalue weighted by Crippen LogP contribution is -2.27. The fraction of sp³-hybridized carbons (Fsp3) is 0.714. The molecule has 0 saturated carbocycles. The standard InChI is InChI=1S/C14H21N3O2/c1-18-13-2-6-15-14(16-13)17-7-3-12(10-17)11-4-8-19-9-5-11/h2,6,11-12H,3-5,7-10H2,1H3. The molecule has 2 aliphatic heterocycles. The van der Waals surface area contributed by atoms with Crippen molar-refractivity contribution in [3.8, 4) is 5.88 Å². The van der Waals surface area contributed by atoms with E-state index in [0.717, 1.165) is 44.1 Å². The predicted molar refractivity (Wildman–Crippen MR) is 72.4 cm³/mol. The monoisotopic (exact) mass is 263 g/mol. The summed E-state index contributed by atoms with van der Waals surface area (Å²) in [5.74, 6) is 3.01. The molecule has 2 fully saturated rings. The van der Waals surface area contributed by atoms with E-state index < -0.39 is 0 Å². The molecule has 104 valence electrons. The molecule has 3 rings (SSSR count). The minimum absolute atomic E-state index is 0.638. The molecule has 5 nitrogen and oxygen atoms in total. The van der Waals surface area contributed by atoms with E-state index in [1.54, 1.807) is 19.4 Å². The number of hydrogen-bond acceptors (Lipinski definition) is 5. The van der Waals surface area contributed by atoms with Crippen LogP contribution in [0.1, 0.15) is 19.3 Å². The van der Waals surface area contributed by atoms with Crippen LogP contribution in [-0.4, -0.2) is 43.4 Å². The Bertz CT molecular complexity index is 421. The van der Waals surface area contributed by atoms with Crippen LogP contribution >= 0.6 is 0 Å². The van der Waals surface area contributed by atoms with E-state index in [0.29, 0.717) is 5.88 Å². The lowest BCUT2D eigenvalue weighted by Gasteiger charge is -2.27. The van der Waals surface area contributed by atoms with Crippen molar-refractivity contribution in [1.82, 2.24) is 9.97 Å². The number of rotatable bonds is 3. The Labute approximate surface area is 113 Å². The first-order chi connectivity index (χ1) is 9.36. The summed E-state index contributed by atoms with van der Waals surface area (Å²) < 4.78 is 10.6. The Morgan fingerprint density at radius 2 is 2.11 bits per heavy atom. The second-order valence-corrected chi connectivity index (χ2v) is 5.34. The maximum Gasteiger partial charge on any atom is 0.228 e. The van der Waals surface area contributed by atoms with Crippen LogP contribution in [0.4, 0.5) is 5.95 Å². The first-order valence-electron chi connectivity index (χ1n) is 7.06. The Kier molecular flexibility index (Phi) is 3.82. The molecule has 2 aliphatic rings. The van der Waals surface area contributed by atoms with Gasteiger partial charge in [0.1, 0.15) is 0 Å². The maximum absolute atomic E-state index is 5.45. The highest BCUT2D eigenvalue weighted by molar-refractivity contribution is 5.33. The second-order valence-electron chi connectivity index (χ2n) is 5.34. The number of hydrogen-bond donors (Lipinski definition) is 0. The van der Waals surface area contributed by atoms with Crippen molar-refractivity contribution in [2.24, 2.45) is 11.8 Å². The van der Waals surface area contributed by atoms with Crippen molar-refractivity contribution in [2.75, 3.05) is 38.3 Å². The summed E-state index contributed by atoms with van der Waals surface area (Å²) >= 11 is 0. The molecule has 19 heavy (non-hydrogen) atoms. The molecule has 5 heteroatoms. The van der Waals surface area contributed by atoms with Gasteiger partial charge in [-0.1, -0.05) is 0 Å². The van der Waals surface area contributed by atoms with Gasteiger partial charge in [-0.2, -0.15) is 4.98 Å². The number of anilines is 1. The smallest absolute Gasteiger partial charge is 0.228 e. The molecular weight excluding hydrogens is 242 g/mol. The van der Waals surface area contributed by atoms with Gasteiger partial charge in [-0.15, -0.1) is 0 Å². The van der Waals surface area contributed by atoms with Gasteiger partial charge in [-0.25, -0.2) is 4.98 Å². The zero-order valence-corrected chi connectivity index (χ0v) is 11.4. The molecule has 0 radical (unpaired) electrons. The van der Waals surface area contributed by atoms with Crippen LogP contribution in [0.2, 0.25) is 0 Å². The Hall–Kier alpha value is -1.36. The molecule has 3 heterocycles. The van der Waals surface area contributed by atoms with Crippen LogP contribution in [-0.2, 0) is 4.74 Å². The van der Waals surface area contributed by atoms with Gasteiger partial charge >= 0.3 is 0 Å². The third kappa shape index (κ3) is 2.81. The van der Waals surface area contributed by atoms with Crippen molar-refractivity contribution in [3.63, 3.8) is 0 Å². The third-order valence-corrected chi connectivity index (χ3v) is 4.27. The minimum atomic E-state index is 0.638. The fourth-order valence-electron chi connectivity index (χ4n) is 3.14. The van der Waals surface area contributed by atoms with Crippen molar-refractivity contribution in [3.05, 3.63) is 12.3 Å². The highest BCUT2D eigenvalue weighted by Crippen LogP contribution is 2.32. The van der Waals surface area contributed by atoms with Crippen molar-refractivity contribution in [2.45, 2.75) is 19.3 Å². The average molecular weight is 263 g/mol. The van der Waals surface area contributed by atoms with Crippen molar-refractivity contribution < 1.29 is 9.47 Å². The van der Waals surface area contributed by atoms with E-state index in [1.807, 2.05) is 0 Å². The summed E-state index contributed by atoms with van der Waals surface area (Å²) in [6.45, 7) is 3.97. The Balaban J connectivity index is 1.64. The largest absolute Gasteiger partial charge is 0.481 e. The molecule has 0 aromatic carbocycles. The number of nitrogens with zero attached hydrogens (tertiary/aromatic N) is 3. The normalized spacial score (nSPS) is 24.7. The predicted octanol–water partition coefficient (Wildman–Crippen LogP) is 1.74. The summed E-state index contributed by atoms with van der Waals surface area (Å²) in [5.41, 5.74) is 0. The van der Waals surface area contributed by atoms with Gasteiger partial charge in [0.05, 0.1) is 7.11 Å². The minimum Gasteiger partial charge on any atom is -0.481 e. The Morgan fingerprint density at radius 1 is 1.26 bits per heavy atom. The maximum atomic E-state index is 5.45. The van der Waals surface area contributed by atoms with Gasteiger partial charge in [-0.05, 0) is 31.1 Å². The van der Waals surface area contributed by atoms with E-state index in [2.05, 4.69) is 14.9 Å². The van der Waals surface area contributed by atoms with Gasteiger partial charge in [0, 0.05) is 38.6 Å². The SMILES string of the molecule is COc1ccnc(N2CCC(C3CCOCC3)C2)n1. The molecule has 1 unspecified atom stereocenters. The highest BCUT2D eigenvalue weighted by Gasteiger charge is 2.31. The lowest BCUT2D eigenvalue weighted by molar-refractivity contribution is 0.0500. The van der Waals surface area contributed by atoms with Crippen molar-refractivity contribution in [1.29, 1.82) is 0 Å². The quantitative estimate of drug-likeness (QED) is 0.831. The summed E-state index contributed by atoms with van der Waals surface area (Å²) in [5, 5.41) is 0. The number of ether oxygens (including phenoxy) is 2. The molecule has 1 aromatic heterocycles. The highest BCUT2D eigenvalue weighted by atomic mass is 16.5. The van der Waals surface area contributed by atoms with Crippen molar-refractivity contribution >= 4 is 5.95 Å². The van der Waals surface area contributed by atoms with E-state index in [1.165, 1.54) is 19.3 Å². The molecular formula is C14H21N3O2. The molecule has 0 bridgehead atoms. The number of aromatic nitrogens is 2. The molecule has 0 N–H and O–H groups in total. The molecule has 0 amide bonds. The van der Waals surface area contributed by atoms with Crippen LogP contribution < -0.4 is 9.64 Å². The summed E-state index contributed by atoms with van der Waals surface area (Å²) in [6, 6.07) is 1.79. The lowest BCUT2D eigenvalue weighted by atomic mass is 9.85. The first kappa shape index (κ1) is 12.7.